The highest BCUT2D eigenvalue weighted by molar-refractivity contribution is 5.87. The molecule has 1 saturated carbocycles. The van der Waals surface area contributed by atoms with Crippen molar-refractivity contribution in [2.75, 3.05) is 0 Å². The Morgan fingerprint density at radius 3 is 2.71 bits per heavy atom. The van der Waals surface area contributed by atoms with Crippen LogP contribution in [0.1, 0.15) is 33.1 Å². The largest absolute Gasteiger partial charge is 0.459 e. The van der Waals surface area contributed by atoms with Gasteiger partial charge in [0.1, 0.15) is 0 Å². The lowest BCUT2D eigenvalue weighted by Gasteiger charge is -2.30. The molecule has 0 saturated heterocycles. The Labute approximate surface area is 85.6 Å². The maximum absolute atomic E-state index is 11.2. The average molecular weight is 194 g/mol. The van der Waals surface area contributed by atoms with Gasteiger partial charge in [0.2, 0.25) is 0 Å². The minimum absolute atomic E-state index is 0.0266. The van der Waals surface area contributed by atoms with Crippen molar-refractivity contribution in [3.8, 4) is 0 Å². The summed E-state index contributed by atoms with van der Waals surface area (Å²) in [7, 11) is 0. The highest BCUT2D eigenvalue weighted by Gasteiger charge is 2.25. The molecule has 2 nitrogen and oxygen atoms in total. The van der Waals surface area contributed by atoms with E-state index in [4.69, 9.17) is 4.74 Å². The Balaban J connectivity index is 2.28. The molecular formula is C12H18O2. The summed E-state index contributed by atoms with van der Waals surface area (Å²) in [6.45, 7) is 11.1. The van der Waals surface area contributed by atoms with Gasteiger partial charge in [0.05, 0.1) is 6.10 Å². The second-order valence-electron chi connectivity index (χ2n) is 4.13. The van der Waals surface area contributed by atoms with Crippen molar-refractivity contribution < 1.29 is 9.53 Å². The molecule has 0 amide bonds. The Morgan fingerprint density at radius 2 is 2.36 bits per heavy atom. The number of allylic oxidation sites excluding steroid dienone is 1. The second-order valence-corrected chi connectivity index (χ2v) is 4.13. The Hall–Kier alpha value is -1.05. The highest BCUT2D eigenvalue weighted by atomic mass is 16.5. The smallest absolute Gasteiger partial charge is 0.333 e. The van der Waals surface area contributed by atoms with Gasteiger partial charge in [-0.15, -0.1) is 0 Å². The average Bonchev–Trinajstić information content (AvgIpc) is 2.11. The molecule has 0 aromatic heterocycles. The highest BCUT2D eigenvalue weighted by Crippen LogP contribution is 2.35. The molecule has 0 N–H and O–H groups in total. The standard InChI is InChI=1S/C12H18O2/c1-8(2)12(13)14-10(4)7-11-6-5-9(11)3/h10-11H,1,3,5-7H2,2,4H3. The van der Waals surface area contributed by atoms with Crippen LogP contribution in [0.5, 0.6) is 0 Å². The van der Waals surface area contributed by atoms with Crippen LogP contribution in [0.3, 0.4) is 0 Å². The summed E-state index contributed by atoms with van der Waals surface area (Å²) in [6.07, 6.45) is 3.19. The third-order valence-corrected chi connectivity index (χ3v) is 2.66. The van der Waals surface area contributed by atoms with E-state index >= 15 is 0 Å². The van der Waals surface area contributed by atoms with Crippen LogP contribution in [0, 0.1) is 5.92 Å². The van der Waals surface area contributed by atoms with Gasteiger partial charge in [-0.2, -0.15) is 0 Å². The lowest BCUT2D eigenvalue weighted by molar-refractivity contribution is -0.144. The number of carbonyl (C=O) groups excluding carboxylic acids is 1. The molecule has 0 aromatic rings. The minimum atomic E-state index is -0.289. The maximum Gasteiger partial charge on any atom is 0.333 e. The molecule has 1 aliphatic rings. The van der Waals surface area contributed by atoms with Crippen LogP contribution in [0.2, 0.25) is 0 Å². The molecule has 0 aliphatic heterocycles. The van der Waals surface area contributed by atoms with Crippen LogP contribution < -0.4 is 0 Å². The SMILES string of the molecule is C=C(C)C(=O)OC(C)CC1CCC1=C. The first-order valence-electron chi connectivity index (χ1n) is 5.05. The fraction of sp³-hybridized carbons (Fsp3) is 0.583. The van der Waals surface area contributed by atoms with Gasteiger partial charge >= 0.3 is 5.97 Å². The van der Waals surface area contributed by atoms with E-state index in [1.165, 1.54) is 12.0 Å². The van der Waals surface area contributed by atoms with Crippen LogP contribution in [0.15, 0.2) is 24.3 Å². The number of hydrogen-bond acceptors (Lipinski definition) is 2. The monoisotopic (exact) mass is 194 g/mol. The van der Waals surface area contributed by atoms with Crippen LogP contribution in [0.4, 0.5) is 0 Å². The Kier molecular flexibility index (Phi) is 3.50. The molecule has 1 fully saturated rings. The van der Waals surface area contributed by atoms with E-state index in [-0.39, 0.29) is 12.1 Å². The van der Waals surface area contributed by atoms with Crippen molar-refractivity contribution in [1.29, 1.82) is 0 Å². The lowest BCUT2D eigenvalue weighted by Crippen LogP contribution is -2.23. The number of rotatable bonds is 4. The molecular weight excluding hydrogens is 176 g/mol. The predicted octanol–water partition coefficient (Wildman–Crippen LogP) is 2.85. The normalized spacial score (nSPS) is 22.4. The zero-order valence-corrected chi connectivity index (χ0v) is 9.01. The summed E-state index contributed by atoms with van der Waals surface area (Å²) in [6, 6.07) is 0. The predicted molar refractivity (Wildman–Crippen MR) is 56.8 cm³/mol. The van der Waals surface area contributed by atoms with E-state index in [2.05, 4.69) is 13.2 Å². The quantitative estimate of drug-likeness (QED) is 0.391. The van der Waals surface area contributed by atoms with Gasteiger partial charge in [-0.25, -0.2) is 4.79 Å². The lowest BCUT2D eigenvalue weighted by atomic mass is 9.77. The third-order valence-electron chi connectivity index (χ3n) is 2.66. The van der Waals surface area contributed by atoms with Crippen molar-refractivity contribution in [2.45, 2.75) is 39.2 Å². The van der Waals surface area contributed by atoms with Crippen molar-refractivity contribution in [1.82, 2.24) is 0 Å². The Morgan fingerprint density at radius 1 is 1.71 bits per heavy atom. The van der Waals surface area contributed by atoms with Crippen molar-refractivity contribution in [3.63, 3.8) is 0 Å². The fourth-order valence-corrected chi connectivity index (χ4v) is 1.57. The number of ether oxygens (including phenoxy) is 1. The number of esters is 1. The summed E-state index contributed by atoms with van der Waals surface area (Å²) in [5, 5.41) is 0. The Bertz CT molecular complexity index is 265. The van der Waals surface area contributed by atoms with E-state index in [0.29, 0.717) is 11.5 Å². The first-order valence-corrected chi connectivity index (χ1v) is 5.05. The summed E-state index contributed by atoms with van der Waals surface area (Å²) in [4.78, 5) is 11.2. The molecule has 1 rings (SSSR count). The molecule has 14 heavy (non-hydrogen) atoms. The molecule has 2 atom stereocenters. The van der Waals surface area contributed by atoms with E-state index in [1.54, 1.807) is 6.92 Å². The van der Waals surface area contributed by atoms with Crippen LogP contribution in [-0.2, 0) is 9.53 Å². The molecule has 0 heterocycles. The molecule has 0 radical (unpaired) electrons. The van der Waals surface area contributed by atoms with Crippen LogP contribution >= 0.6 is 0 Å². The topological polar surface area (TPSA) is 26.3 Å². The van der Waals surface area contributed by atoms with Crippen molar-refractivity contribution in [2.24, 2.45) is 5.92 Å². The van der Waals surface area contributed by atoms with E-state index in [9.17, 15) is 4.79 Å². The van der Waals surface area contributed by atoms with Crippen LogP contribution in [0.25, 0.3) is 0 Å². The van der Waals surface area contributed by atoms with Gasteiger partial charge in [-0.05, 0) is 39.0 Å². The van der Waals surface area contributed by atoms with E-state index < -0.39 is 0 Å². The van der Waals surface area contributed by atoms with Gasteiger partial charge in [-0.3, -0.25) is 0 Å². The molecule has 78 valence electrons. The zero-order valence-electron chi connectivity index (χ0n) is 9.01. The summed E-state index contributed by atoms with van der Waals surface area (Å²) in [5.41, 5.74) is 1.76. The van der Waals surface area contributed by atoms with E-state index in [1.807, 2.05) is 6.92 Å². The van der Waals surface area contributed by atoms with Gasteiger partial charge in [0.15, 0.2) is 0 Å². The summed E-state index contributed by atoms with van der Waals surface area (Å²) in [5.74, 6) is 0.269. The third kappa shape index (κ3) is 2.72. The van der Waals surface area contributed by atoms with Crippen molar-refractivity contribution >= 4 is 5.97 Å². The zero-order chi connectivity index (χ0) is 10.7. The van der Waals surface area contributed by atoms with Gasteiger partial charge < -0.3 is 4.74 Å². The summed E-state index contributed by atoms with van der Waals surface area (Å²) < 4.78 is 5.19. The number of hydrogen-bond donors (Lipinski definition) is 0. The minimum Gasteiger partial charge on any atom is -0.459 e. The second kappa shape index (κ2) is 4.45. The van der Waals surface area contributed by atoms with E-state index in [0.717, 1.165) is 12.8 Å². The van der Waals surface area contributed by atoms with Crippen molar-refractivity contribution in [3.05, 3.63) is 24.3 Å². The molecule has 2 unspecified atom stereocenters. The molecule has 1 aliphatic carbocycles. The van der Waals surface area contributed by atoms with Gasteiger partial charge in [-0.1, -0.05) is 18.7 Å². The maximum atomic E-state index is 11.2. The summed E-state index contributed by atoms with van der Waals surface area (Å²) >= 11 is 0. The number of carbonyl (C=O) groups is 1. The first kappa shape index (κ1) is 11.0. The van der Waals surface area contributed by atoms with Gasteiger partial charge in [0, 0.05) is 5.57 Å². The first-order chi connectivity index (χ1) is 6.50. The molecule has 0 aromatic carbocycles. The molecule has 0 spiro atoms. The molecule has 0 bridgehead atoms. The van der Waals surface area contributed by atoms with Crippen LogP contribution in [-0.4, -0.2) is 12.1 Å². The molecule has 2 heteroatoms. The van der Waals surface area contributed by atoms with Gasteiger partial charge in [0.25, 0.3) is 0 Å². The fourth-order valence-electron chi connectivity index (χ4n) is 1.57.